The number of hydrogen-bond acceptors (Lipinski definition) is 5. The maximum Gasteiger partial charge on any atom is 0.261 e. The number of aromatic nitrogens is 3. The molecule has 1 atom stereocenters. The average Bonchev–Trinajstić information content (AvgIpc) is 3.40. The molecular formula is C33H50BrFN4O3S. The summed E-state index contributed by atoms with van der Waals surface area (Å²) in [5, 5.41) is 7.22. The van der Waals surface area contributed by atoms with E-state index in [2.05, 4.69) is 57.0 Å². The standard InChI is InChI=1S/C24H26BrFN4O2.C7H18OS.C2H6/c1-4-6-9-21(29-24(31)20-15-28-30-13-7-12-27-23(20)30)18(8-5-2)19-14-17(25)10-11-22(19)32-16(3)26;1-5-8-6-7-9(2,3)4;1-2/h6-7,9-16H,4-5,8H2,1-3H3,(H,29,31);5-7H2,1-4H3;1-2H3/b9-6+,21-18-;;. The van der Waals surface area contributed by atoms with E-state index >= 15 is 0 Å². The third-order valence-corrected chi connectivity index (χ3v) is 7.60. The quantitative estimate of drug-likeness (QED) is 0.144. The van der Waals surface area contributed by atoms with Crippen LogP contribution in [0.25, 0.3) is 11.2 Å². The summed E-state index contributed by atoms with van der Waals surface area (Å²) in [4.78, 5) is 17.5. The fourth-order valence-corrected chi connectivity index (χ4v) is 4.74. The second kappa shape index (κ2) is 20.3. The van der Waals surface area contributed by atoms with Crippen molar-refractivity contribution in [2.45, 2.75) is 67.2 Å². The lowest BCUT2D eigenvalue weighted by molar-refractivity contribution is 0.0856. The first kappa shape index (κ1) is 38.3. The van der Waals surface area contributed by atoms with E-state index in [1.54, 1.807) is 35.1 Å². The third kappa shape index (κ3) is 13.7. The van der Waals surface area contributed by atoms with Gasteiger partial charge in [0.1, 0.15) is 11.3 Å². The number of nitrogens with one attached hydrogen (secondary N) is 1. The van der Waals surface area contributed by atoms with Crippen LogP contribution in [0, 0.1) is 0 Å². The van der Waals surface area contributed by atoms with Crippen molar-refractivity contribution in [3.05, 3.63) is 76.3 Å². The molecule has 240 valence electrons. The molecule has 0 saturated carbocycles. The van der Waals surface area contributed by atoms with E-state index in [-0.39, 0.29) is 15.9 Å². The maximum absolute atomic E-state index is 13.7. The van der Waals surface area contributed by atoms with Crippen LogP contribution in [0.4, 0.5) is 4.39 Å². The van der Waals surface area contributed by atoms with Crippen molar-refractivity contribution in [3.8, 4) is 5.75 Å². The summed E-state index contributed by atoms with van der Waals surface area (Å²) in [6.07, 6.45) is 16.4. The molecule has 7 nitrogen and oxygen atoms in total. The second-order valence-corrected chi connectivity index (χ2v) is 15.7. The number of allylic oxidation sites excluding steroid dienone is 3. The molecule has 0 aliphatic heterocycles. The van der Waals surface area contributed by atoms with Gasteiger partial charge in [0.2, 0.25) is 6.36 Å². The molecule has 1 N–H and O–H groups in total. The first-order valence-electron chi connectivity index (χ1n) is 14.8. The number of carbonyl (C=O) groups excluding carboxylic acids is 1. The summed E-state index contributed by atoms with van der Waals surface area (Å²) in [6.45, 7) is 13.2. The van der Waals surface area contributed by atoms with Crippen LogP contribution in [-0.4, -0.2) is 64.6 Å². The second-order valence-electron chi connectivity index (χ2n) is 10.1. The molecule has 1 amide bonds. The third-order valence-electron chi connectivity index (χ3n) is 5.72. The van der Waals surface area contributed by atoms with Crippen LogP contribution in [0.2, 0.25) is 0 Å². The first-order valence-corrected chi connectivity index (χ1v) is 18.7. The molecule has 0 radical (unpaired) electrons. The highest BCUT2D eigenvalue weighted by Crippen LogP contribution is 2.35. The molecule has 0 aliphatic carbocycles. The molecule has 0 bridgehead atoms. The fourth-order valence-electron chi connectivity index (χ4n) is 3.76. The van der Waals surface area contributed by atoms with Gasteiger partial charge in [-0.2, -0.15) is 5.10 Å². The highest BCUT2D eigenvalue weighted by Gasteiger charge is 2.19. The van der Waals surface area contributed by atoms with Crippen LogP contribution in [0.5, 0.6) is 5.75 Å². The summed E-state index contributed by atoms with van der Waals surface area (Å²) in [5.41, 5.74) is 3.04. The van der Waals surface area contributed by atoms with Crippen molar-refractivity contribution in [1.82, 2.24) is 19.9 Å². The van der Waals surface area contributed by atoms with Gasteiger partial charge in [-0.25, -0.2) is 23.9 Å². The minimum absolute atomic E-state index is 0.320. The minimum Gasteiger partial charge on any atom is -0.460 e. The number of ether oxygens (including phenoxy) is 2. The van der Waals surface area contributed by atoms with Gasteiger partial charge in [-0.15, -0.1) is 0 Å². The van der Waals surface area contributed by atoms with Gasteiger partial charge in [0.25, 0.3) is 5.91 Å². The summed E-state index contributed by atoms with van der Waals surface area (Å²) < 4.78 is 26.8. The molecule has 3 rings (SSSR count). The predicted molar refractivity (Wildman–Crippen MR) is 185 cm³/mol. The van der Waals surface area contributed by atoms with E-state index in [1.165, 1.54) is 18.9 Å². The Balaban J connectivity index is 0.000000720. The van der Waals surface area contributed by atoms with Crippen molar-refractivity contribution in [1.29, 1.82) is 0 Å². The van der Waals surface area contributed by atoms with Gasteiger partial charge in [0.05, 0.1) is 12.8 Å². The van der Waals surface area contributed by atoms with Crippen molar-refractivity contribution in [2.75, 3.05) is 37.7 Å². The summed E-state index contributed by atoms with van der Waals surface area (Å²) in [7, 11) is -0.321. The molecule has 1 aromatic carbocycles. The van der Waals surface area contributed by atoms with Gasteiger partial charge >= 0.3 is 0 Å². The first-order chi connectivity index (χ1) is 20.5. The molecule has 0 spiro atoms. The molecule has 0 aliphatic rings. The number of fused-ring (bicyclic) bond motifs is 1. The van der Waals surface area contributed by atoms with Crippen LogP contribution in [0.15, 0.2) is 65.2 Å². The van der Waals surface area contributed by atoms with Crippen LogP contribution < -0.4 is 10.1 Å². The molecule has 2 heterocycles. The maximum atomic E-state index is 13.7. The number of halogens is 2. The molecule has 10 heteroatoms. The predicted octanol–water partition coefficient (Wildman–Crippen LogP) is 8.84. The van der Waals surface area contributed by atoms with Crippen LogP contribution in [-0.2, 0) is 4.74 Å². The molecule has 43 heavy (non-hydrogen) atoms. The van der Waals surface area contributed by atoms with E-state index in [4.69, 9.17) is 9.47 Å². The number of hydrogen-bond donors (Lipinski definition) is 1. The Morgan fingerprint density at radius 2 is 1.91 bits per heavy atom. The van der Waals surface area contributed by atoms with E-state index in [0.29, 0.717) is 29.1 Å². The Morgan fingerprint density at radius 3 is 2.51 bits per heavy atom. The summed E-state index contributed by atoms with van der Waals surface area (Å²) in [5.74, 6) is 1.33. The highest BCUT2D eigenvalue weighted by atomic mass is 79.9. The summed E-state index contributed by atoms with van der Waals surface area (Å²) in [6, 6.07) is 7.15. The number of benzene rings is 1. The van der Waals surface area contributed by atoms with E-state index in [0.717, 1.165) is 41.7 Å². The Morgan fingerprint density at radius 1 is 1.19 bits per heavy atom. The van der Waals surface area contributed by atoms with Crippen molar-refractivity contribution in [2.24, 2.45) is 0 Å². The van der Waals surface area contributed by atoms with Crippen LogP contribution >= 0.6 is 26.0 Å². The lowest BCUT2D eigenvalue weighted by atomic mass is 9.97. The monoisotopic (exact) mass is 680 g/mol. The smallest absolute Gasteiger partial charge is 0.261 e. The van der Waals surface area contributed by atoms with E-state index in [1.807, 2.05) is 45.9 Å². The number of nitrogens with zero attached hydrogens (tertiary/aromatic N) is 3. The highest BCUT2D eigenvalue weighted by molar-refractivity contribution is 9.10. The van der Waals surface area contributed by atoms with Gasteiger partial charge in [-0.05, 0) is 74.4 Å². The Bertz CT molecular complexity index is 1320. The van der Waals surface area contributed by atoms with Crippen molar-refractivity contribution < 1.29 is 18.7 Å². The number of alkyl halides is 1. The van der Waals surface area contributed by atoms with Gasteiger partial charge in [-0.1, -0.05) is 56.1 Å². The van der Waals surface area contributed by atoms with Crippen LogP contribution in [0.1, 0.15) is 76.7 Å². The molecule has 0 saturated heterocycles. The van der Waals surface area contributed by atoms with Gasteiger partial charge in [0, 0.05) is 47.4 Å². The molecular weight excluding hydrogens is 631 g/mol. The lowest BCUT2D eigenvalue weighted by Gasteiger charge is -2.24. The average molecular weight is 682 g/mol. The number of amides is 1. The lowest BCUT2D eigenvalue weighted by Crippen LogP contribution is -2.23. The molecule has 1 unspecified atom stereocenters. The zero-order valence-corrected chi connectivity index (χ0v) is 29.6. The van der Waals surface area contributed by atoms with Crippen molar-refractivity contribution in [3.63, 3.8) is 0 Å². The zero-order chi connectivity index (χ0) is 32.4. The minimum atomic E-state index is -1.47. The Labute approximate surface area is 267 Å². The van der Waals surface area contributed by atoms with Gasteiger partial charge < -0.3 is 14.8 Å². The van der Waals surface area contributed by atoms with Gasteiger partial charge in [-0.3, -0.25) is 4.79 Å². The fraction of sp³-hybridized carbons (Fsp3) is 0.485. The van der Waals surface area contributed by atoms with Crippen LogP contribution in [0.3, 0.4) is 0 Å². The van der Waals surface area contributed by atoms with E-state index < -0.39 is 6.36 Å². The van der Waals surface area contributed by atoms with E-state index in [9.17, 15) is 9.18 Å². The summed E-state index contributed by atoms with van der Waals surface area (Å²) >= 11 is 3.50. The Hall–Kier alpha value is -2.69. The molecule has 2 aromatic heterocycles. The topological polar surface area (TPSA) is 77.8 Å². The zero-order valence-electron chi connectivity index (χ0n) is 27.2. The van der Waals surface area contributed by atoms with Gasteiger partial charge in [0.15, 0.2) is 5.65 Å². The molecule has 0 fully saturated rings. The SMILES string of the molecule is CC.CC/C=C/C(NC(=O)c1cnn2cccnc12)=C(\CCC)c1cc(Br)ccc1OC(C)F.CCOCCS(C)(C)C. The number of carbonyl (C=O) groups is 1. The largest absolute Gasteiger partial charge is 0.460 e. The number of rotatable bonds is 13. The molecule has 3 aromatic rings. The van der Waals surface area contributed by atoms with Crippen molar-refractivity contribution >= 4 is 43.1 Å². The normalized spacial score (nSPS) is 12.9. The Kier molecular flexibility index (Phi) is 18.1.